The summed E-state index contributed by atoms with van der Waals surface area (Å²) in [6.45, 7) is 3.97. The number of methoxy groups -OCH3 is 1. The highest BCUT2D eigenvalue weighted by Crippen LogP contribution is 2.42. The van der Waals surface area contributed by atoms with Gasteiger partial charge in [-0.15, -0.1) is 0 Å². The van der Waals surface area contributed by atoms with E-state index in [1.807, 2.05) is 12.1 Å². The van der Waals surface area contributed by atoms with Crippen LogP contribution in [0.5, 0.6) is 5.75 Å². The molecule has 0 aliphatic heterocycles. The monoisotopic (exact) mass is 456 g/mol. The lowest BCUT2D eigenvalue weighted by molar-refractivity contribution is -0.140. The van der Waals surface area contributed by atoms with Crippen molar-refractivity contribution in [2.24, 2.45) is 0 Å². The van der Waals surface area contributed by atoms with E-state index in [0.717, 1.165) is 11.8 Å². The second kappa shape index (κ2) is 10.9. The first kappa shape index (κ1) is 23.4. The van der Waals surface area contributed by atoms with Crippen LogP contribution in [0, 0.1) is 22.7 Å². The van der Waals surface area contributed by atoms with Crippen LogP contribution in [0.25, 0.3) is 11.1 Å². The Morgan fingerprint density at radius 3 is 2.39 bits per heavy atom. The molecule has 0 bridgehead atoms. The number of anilines is 1. The van der Waals surface area contributed by atoms with Crippen LogP contribution in [0.15, 0.2) is 72.3 Å². The van der Waals surface area contributed by atoms with E-state index in [2.05, 4.69) is 17.6 Å². The summed E-state index contributed by atoms with van der Waals surface area (Å²) < 4.78 is 10.5. The lowest BCUT2D eigenvalue weighted by Gasteiger charge is -2.17. The van der Waals surface area contributed by atoms with Gasteiger partial charge in [0.25, 0.3) is 0 Å². The highest BCUT2D eigenvalue weighted by Gasteiger charge is 2.28. The Hall–Kier alpha value is -4.27. The minimum Gasteiger partial charge on any atom is -0.490 e. The average Bonchev–Trinajstić information content (AvgIpc) is 2.86. The Kier molecular flexibility index (Phi) is 7.69. The summed E-state index contributed by atoms with van der Waals surface area (Å²) >= 11 is 1.05. The molecule has 1 aromatic heterocycles. The molecule has 164 valence electrons. The molecule has 8 heteroatoms. The summed E-state index contributed by atoms with van der Waals surface area (Å²) in [5.74, 6) is 0.0878. The molecule has 3 rings (SSSR count). The zero-order chi connectivity index (χ0) is 23.8. The molecule has 0 amide bonds. The van der Waals surface area contributed by atoms with Crippen molar-refractivity contribution in [2.75, 3.05) is 19.5 Å². The molecule has 1 unspecified atom stereocenters. The number of esters is 1. The smallest absolute Gasteiger partial charge is 0.323 e. The average molecular weight is 457 g/mol. The number of nitrogen functional groups attached to an aromatic ring is 1. The molecule has 2 N–H and O–H groups in total. The van der Waals surface area contributed by atoms with Crippen molar-refractivity contribution >= 4 is 23.5 Å². The Bertz CT molecular complexity index is 1250. The van der Waals surface area contributed by atoms with Crippen LogP contribution in [-0.2, 0) is 9.53 Å². The fourth-order valence-corrected chi connectivity index (χ4v) is 4.27. The Morgan fingerprint density at radius 1 is 1.15 bits per heavy atom. The molecule has 3 aromatic rings. The molecule has 0 spiro atoms. The number of nitrogens with zero attached hydrogens (tertiary/aromatic N) is 3. The lowest BCUT2D eigenvalue weighted by atomic mass is 9.97. The number of hydrogen-bond acceptors (Lipinski definition) is 8. The van der Waals surface area contributed by atoms with Gasteiger partial charge in [0.15, 0.2) is 0 Å². The Morgan fingerprint density at radius 2 is 1.82 bits per heavy atom. The number of hydrogen-bond donors (Lipinski definition) is 1. The number of aromatic nitrogens is 1. The third-order valence-electron chi connectivity index (χ3n) is 4.67. The highest BCUT2D eigenvalue weighted by molar-refractivity contribution is 8.00. The Labute approximate surface area is 196 Å². The zero-order valence-electron chi connectivity index (χ0n) is 17.8. The van der Waals surface area contributed by atoms with E-state index in [1.54, 1.807) is 54.6 Å². The van der Waals surface area contributed by atoms with Crippen LogP contribution in [0.1, 0.15) is 21.9 Å². The van der Waals surface area contributed by atoms with Gasteiger partial charge in [0, 0.05) is 5.56 Å². The number of ether oxygens (including phenoxy) is 2. The first-order valence-electron chi connectivity index (χ1n) is 9.81. The van der Waals surface area contributed by atoms with Gasteiger partial charge in [-0.2, -0.15) is 10.5 Å². The lowest BCUT2D eigenvalue weighted by Crippen LogP contribution is -2.12. The fraction of sp³-hybridized carbons (Fsp3) is 0.120. The molecule has 0 aliphatic rings. The molecular weight excluding hydrogens is 436 g/mol. The predicted octanol–water partition coefficient (Wildman–Crippen LogP) is 4.65. The number of carbonyl (C=O) groups excluding carboxylic acids is 1. The van der Waals surface area contributed by atoms with Crippen molar-refractivity contribution in [3.63, 3.8) is 0 Å². The third-order valence-corrected chi connectivity index (χ3v) is 5.89. The summed E-state index contributed by atoms with van der Waals surface area (Å²) in [5.41, 5.74) is 7.97. The maximum atomic E-state index is 12.5. The van der Waals surface area contributed by atoms with E-state index in [1.165, 1.54) is 7.11 Å². The number of nitrogens with two attached hydrogens (primary N) is 1. The van der Waals surface area contributed by atoms with Gasteiger partial charge in [-0.25, -0.2) is 4.98 Å². The molecule has 0 radical (unpaired) electrons. The minimum atomic E-state index is -0.773. The van der Waals surface area contributed by atoms with Gasteiger partial charge in [0.1, 0.15) is 46.2 Å². The maximum Gasteiger partial charge on any atom is 0.323 e. The van der Waals surface area contributed by atoms with Gasteiger partial charge < -0.3 is 15.2 Å². The van der Waals surface area contributed by atoms with Crippen molar-refractivity contribution in [3.05, 3.63) is 83.9 Å². The SMILES string of the molecule is C=CCOc1ccc(-c2c(C#N)c(N)nc(SC(C(=O)OC)c3ccccc3)c2C#N)cc1. The highest BCUT2D eigenvalue weighted by atomic mass is 32.2. The van der Waals surface area contributed by atoms with Crippen LogP contribution < -0.4 is 10.5 Å². The fourth-order valence-electron chi connectivity index (χ4n) is 3.14. The van der Waals surface area contributed by atoms with Gasteiger partial charge in [-0.05, 0) is 23.3 Å². The van der Waals surface area contributed by atoms with Crippen LogP contribution in [0.4, 0.5) is 5.82 Å². The molecule has 33 heavy (non-hydrogen) atoms. The molecule has 0 fully saturated rings. The third kappa shape index (κ3) is 5.15. The second-order valence-corrected chi connectivity index (χ2v) is 7.80. The van der Waals surface area contributed by atoms with Gasteiger partial charge >= 0.3 is 5.97 Å². The zero-order valence-corrected chi connectivity index (χ0v) is 18.6. The number of benzene rings is 2. The Balaban J connectivity index is 2.13. The van der Waals surface area contributed by atoms with Gasteiger partial charge in [-0.1, -0.05) is 66.9 Å². The van der Waals surface area contributed by atoms with Gasteiger partial charge in [-0.3, -0.25) is 4.79 Å². The van der Waals surface area contributed by atoms with Crippen molar-refractivity contribution in [3.8, 4) is 29.0 Å². The molecule has 1 atom stereocenters. The molecule has 0 aliphatic carbocycles. The summed E-state index contributed by atoms with van der Waals surface area (Å²) in [6, 6.07) is 20.1. The van der Waals surface area contributed by atoms with Crippen LogP contribution >= 0.6 is 11.8 Å². The summed E-state index contributed by atoms with van der Waals surface area (Å²) in [6.07, 6.45) is 1.63. The number of thioether (sulfide) groups is 1. The number of pyridine rings is 1. The first-order chi connectivity index (χ1) is 16.0. The minimum absolute atomic E-state index is 0.0299. The summed E-state index contributed by atoms with van der Waals surface area (Å²) in [7, 11) is 1.30. The van der Waals surface area contributed by atoms with E-state index in [-0.39, 0.29) is 22.0 Å². The van der Waals surface area contributed by atoms with Gasteiger partial charge in [0.05, 0.1) is 12.7 Å². The van der Waals surface area contributed by atoms with E-state index < -0.39 is 11.2 Å². The van der Waals surface area contributed by atoms with Crippen molar-refractivity contribution in [1.82, 2.24) is 4.98 Å². The summed E-state index contributed by atoms with van der Waals surface area (Å²) in [4.78, 5) is 16.8. The predicted molar refractivity (Wildman–Crippen MR) is 126 cm³/mol. The van der Waals surface area contributed by atoms with E-state index in [9.17, 15) is 15.3 Å². The quantitative estimate of drug-likeness (QED) is 0.295. The molecular formula is C25H20N4O3S. The molecule has 0 saturated carbocycles. The van der Waals surface area contributed by atoms with E-state index >= 15 is 0 Å². The van der Waals surface area contributed by atoms with Crippen LogP contribution in [-0.4, -0.2) is 24.7 Å². The van der Waals surface area contributed by atoms with E-state index in [4.69, 9.17) is 15.2 Å². The largest absolute Gasteiger partial charge is 0.490 e. The second-order valence-electron chi connectivity index (χ2n) is 6.71. The topological polar surface area (TPSA) is 122 Å². The number of rotatable bonds is 8. The van der Waals surface area contributed by atoms with Crippen LogP contribution in [0.2, 0.25) is 0 Å². The molecule has 0 saturated heterocycles. The maximum absolute atomic E-state index is 12.5. The first-order valence-corrected chi connectivity index (χ1v) is 10.7. The molecule has 1 heterocycles. The summed E-state index contributed by atoms with van der Waals surface area (Å²) in [5, 5.41) is 19.2. The number of carbonyl (C=O) groups is 1. The normalized spacial score (nSPS) is 11.0. The van der Waals surface area contributed by atoms with Crippen LogP contribution in [0.3, 0.4) is 0 Å². The standard InChI is InChI=1S/C25H20N4O3S/c1-3-13-32-18-11-9-16(10-12-18)21-19(14-26)23(28)29-24(20(21)15-27)33-22(25(30)31-2)17-7-5-4-6-8-17/h3-12,22H,1,13H2,2H3,(H2,28,29). The van der Waals surface area contributed by atoms with Crippen molar-refractivity contribution < 1.29 is 14.3 Å². The van der Waals surface area contributed by atoms with E-state index in [0.29, 0.717) is 29.0 Å². The van der Waals surface area contributed by atoms with Crippen molar-refractivity contribution in [2.45, 2.75) is 10.3 Å². The number of nitriles is 2. The molecule has 7 nitrogen and oxygen atoms in total. The van der Waals surface area contributed by atoms with Crippen molar-refractivity contribution in [1.29, 1.82) is 10.5 Å². The molecule has 2 aromatic carbocycles. The van der Waals surface area contributed by atoms with Gasteiger partial charge in [0.2, 0.25) is 0 Å².